The number of ether oxygens (including phenoxy) is 1. The van der Waals surface area contributed by atoms with Crippen molar-refractivity contribution in [2.75, 3.05) is 37.2 Å². The number of hydrogen-bond acceptors (Lipinski definition) is 4. The van der Waals surface area contributed by atoms with Crippen LogP contribution >= 0.6 is 0 Å². The molecule has 1 aromatic rings. The van der Waals surface area contributed by atoms with Gasteiger partial charge < -0.3 is 10.5 Å². The topological polar surface area (TPSA) is 92.9 Å². The van der Waals surface area contributed by atoms with Gasteiger partial charge in [0.2, 0.25) is 5.91 Å². The van der Waals surface area contributed by atoms with Crippen molar-refractivity contribution in [1.29, 1.82) is 0 Å². The first-order valence-corrected chi connectivity index (χ1v) is 8.10. The highest BCUT2D eigenvalue weighted by molar-refractivity contribution is 7.90. The van der Waals surface area contributed by atoms with Crippen LogP contribution in [0.4, 0.5) is 5.69 Å². The van der Waals surface area contributed by atoms with Crippen LogP contribution in [0.1, 0.15) is 6.42 Å². The van der Waals surface area contributed by atoms with E-state index in [0.29, 0.717) is 32.0 Å². The van der Waals surface area contributed by atoms with Crippen LogP contribution < -0.4 is 10.0 Å². The lowest BCUT2D eigenvalue weighted by Gasteiger charge is -2.33. The lowest BCUT2D eigenvalue weighted by Crippen LogP contribution is -2.49. The molecule has 1 aliphatic rings. The molecule has 0 atom stereocenters. The van der Waals surface area contributed by atoms with Crippen molar-refractivity contribution >= 4 is 21.8 Å². The summed E-state index contributed by atoms with van der Waals surface area (Å²) < 4.78 is 33.3. The van der Waals surface area contributed by atoms with Crippen LogP contribution in [0.15, 0.2) is 30.3 Å². The molecule has 8 heteroatoms. The van der Waals surface area contributed by atoms with Gasteiger partial charge in [-0.15, -0.1) is 0 Å². The number of rotatable bonds is 6. The van der Waals surface area contributed by atoms with E-state index in [1.54, 1.807) is 30.3 Å². The molecule has 0 radical (unpaired) electrons. The van der Waals surface area contributed by atoms with Gasteiger partial charge in [0.1, 0.15) is 0 Å². The highest BCUT2D eigenvalue weighted by atomic mass is 32.2. The summed E-state index contributed by atoms with van der Waals surface area (Å²) in [5, 5.41) is 0. The molecule has 2 N–H and O–H groups in total. The average Bonchev–Trinajstić information content (AvgIpc) is 2.49. The Bertz CT molecular complexity index is 570. The Morgan fingerprint density at radius 1 is 1.24 bits per heavy atom. The van der Waals surface area contributed by atoms with Crippen molar-refractivity contribution in [3.05, 3.63) is 30.3 Å². The van der Waals surface area contributed by atoms with E-state index < -0.39 is 16.1 Å². The molecular weight excluding hydrogens is 294 g/mol. The van der Waals surface area contributed by atoms with Crippen LogP contribution in [0.2, 0.25) is 0 Å². The molecule has 0 aromatic heterocycles. The zero-order valence-corrected chi connectivity index (χ0v) is 12.5. The van der Waals surface area contributed by atoms with Gasteiger partial charge in [-0.3, -0.25) is 9.10 Å². The maximum absolute atomic E-state index is 12.7. The Kier molecular flexibility index (Phi) is 5.16. The Morgan fingerprint density at radius 3 is 2.43 bits per heavy atom. The molecule has 1 fully saturated rings. The van der Waals surface area contributed by atoms with Gasteiger partial charge in [0.25, 0.3) is 0 Å². The van der Waals surface area contributed by atoms with Gasteiger partial charge in [0, 0.05) is 26.1 Å². The number of carbonyl (C=O) groups excluding carboxylic acids is 1. The van der Waals surface area contributed by atoms with E-state index in [1.807, 2.05) is 0 Å². The summed E-state index contributed by atoms with van der Waals surface area (Å²) in [6.07, 6.45) is -0.0293. The molecule has 116 valence electrons. The molecule has 21 heavy (non-hydrogen) atoms. The number of anilines is 1. The number of para-hydroxylation sites is 1. The van der Waals surface area contributed by atoms with E-state index in [2.05, 4.69) is 0 Å². The van der Waals surface area contributed by atoms with E-state index in [0.717, 1.165) is 0 Å². The number of nitrogens with zero attached hydrogens (tertiary/aromatic N) is 2. The molecular formula is C13H19N3O4S. The number of carbonyl (C=O) groups is 1. The summed E-state index contributed by atoms with van der Waals surface area (Å²) in [6, 6.07) is 8.69. The molecule has 1 heterocycles. The molecule has 1 aliphatic heterocycles. The second kappa shape index (κ2) is 6.88. The Morgan fingerprint density at radius 2 is 1.86 bits per heavy atom. The quantitative estimate of drug-likeness (QED) is 0.796. The molecule has 0 unspecified atom stereocenters. The van der Waals surface area contributed by atoms with Crippen LogP contribution in [0.25, 0.3) is 0 Å². The fourth-order valence-electron chi connectivity index (χ4n) is 2.10. The Labute approximate surface area is 124 Å². The third-order valence-electron chi connectivity index (χ3n) is 3.18. The number of morpholine rings is 1. The third kappa shape index (κ3) is 3.93. The Balaban J connectivity index is 2.27. The third-order valence-corrected chi connectivity index (χ3v) is 5.15. The molecule has 1 saturated heterocycles. The molecule has 1 amide bonds. The average molecular weight is 313 g/mol. The second-order valence-electron chi connectivity index (χ2n) is 4.64. The number of primary amides is 1. The standard InChI is InChI=1S/C13H19N3O4S/c14-13(17)6-7-16(12-4-2-1-3-5-12)21(18,19)15-8-10-20-11-9-15/h1-5H,6-11H2,(H2,14,17). The number of amides is 1. The van der Waals surface area contributed by atoms with Crippen molar-refractivity contribution in [3.63, 3.8) is 0 Å². The number of hydrogen-bond donors (Lipinski definition) is 1. The highest BCUT2D eigenvalue weighted by Gasteiger charge is 2.31. The van der Waals surface area contributed by atoms with Gasteiger partial charge in [0.15, 0.2) is 0 Å². The molecule has 0 spiro atoms. The minimum atomic E-state index is -3.69. The maximum atomic E-state index is 12.7. The van der Waals surface area contributed by atoms with Crippen LogP contribution in [0, 0.1) is 0 Å². The first-order chi connectivity index (χ1) is 10.0. The molecule has 2 rings (SSSR count). The first kappa shape index (κ1) is 15.7. The SMILES string of the molecule is NC(=O)CCN(c1ccccc1)S(=O)(=O)N1CCOCC1. The minimum absolute atomic E-state index is 0.0268. The summed E-state index contributed by atoms with van der Waals surface area (Å²) in [6.45, 7) is 1.39. The lowest BCUT2D eigenvalue weighted by atomic mass is 10.3. The summed E-state index contributed by atoms with van der Waals surface area (Å²) in [5.74, 6) is -0.534. The molecule has 1 aromatic carbocycles. The fraction of sp³-hybridized carbons (Fsp3) is 0.462. The summed E-state index contributed by atoms with van der Waals surface area (Å²) in [4.78, 5) is 11.0. The monoisotopic (exact) mass is 313 g/mol. The van der Waals surface area contributed by atoms with Crippen molar-refractivity contribution in [1.82, 2.24) is 4.31 Å². The van der Waals surface area contributed by atoms with Crippen molar-refractivity contribution in [2.24, 2.45) is 5.73 Å². The molecule has 0 aliphatic carbocycles. The largest absolute Gasteiger partial charge is 0.379 e. The predicted molar refractivity (Wildman–Crippen MR) is 78.9 cm³/mol. The van der Waals surface area contributed by atoms with E-state index >= 15 is 0 Å². The van der Waals surface area contributed by atoms with Gasteiger partial charge in [-0.2, -0.15) is 12.7 Å². The van der Waals surface area contributed by atoms with Crippen LogP contribution in [-0.2, 0) is 19.7 Å². The zero-order chi connectivity index (χ0) is 15.3. The van der Waals surface area contributed by atoms with Gasteiger partial charge in [-0.25, -0.2) is 0 Å². The maximum Gasteiger partial charge on any atom is 0.304 e. The van der Waals surface area contributed by atoms with Crippen molar-refractivity contribution < 1.29 is 17.9 Å². The first-order valence-electron chi connectivity index (χ1n) is 6.71. The zero-order valence-electron chi connectivity index (χ0n) is 11.6. The second-order valence-corrected chi connectivity index (χ2v) is 6.50. The van der Waals surface area contributed by atoms with Crippen molar-refractivity contribution in [3.8, 4) is 0 Å². The van der Waals surface area contributed by atoms with E-state index in [9.17, 15) is 13.2 Å². The summed E-state index contributed by atoms with van der Waals surface area (Å²) in [7, 11) is -3.69. The highest BCUT2D eigenvalue weighted by Crippen LogP contribution is 2.21. The minimum Gasteiger partial charge on any atom is -0.379 e. The smallest absolute Gasteiger partial charge is 0.304 e. The van der Waals surface area contributed by atoms with E-state index in [1.165, 1.54) is 8.61 Å². The van der Waals surface area contributed by atoms with Gasteiger partial charge in [0.05, 0.1) is 18.9 Å². The lowest BCUT2D eigenvalue weighted by molar-refractivity contribution is -0.117. The number of benzene rings is 1. The van der Waals surface area contributed by atoms with Crippen LogP contribution in [0.3, 0.4) is 0 Å². The number of nitrogens with two attached hydrogens (primary N) is 1. The van der Waals surface area contributed by atoms with E-state index in [4.69, 9.17) is 10.5 Å². The normalized spacial score (nSPS) is 16.6. The van der Waals surface area contributed by atoms with Crippen molar-refractivity contribution in [2.45, 2.75) is 6.42 Å². The van der Waals surface area contributed by atoms with Crippen LogP contribution in [0.5, 0.6) is 0 Å². The summed E-state index contributed by atoms with van der Waals surface area (Å²) in [5.41, 5.74) is 5.67. The van der Waals surface area contributed by atoms with Gasteiger partial charge >= 0.3 is 10.2 Å². The molecule has 7 nitrogen and oxygen atoms in total. The molecule has 0 saturated carbocycles. The predicted octanol–water partition coefficient (Wildman–Crippen LogP) is -0.0546. The Hall–Kier alpha value is -1.64. The van der Waals surface area contributed by atoms with Gasteiger partial charge in [-0.05, 0) is 12.1 Å². The van der Waals surface area contributed by atoms with E-state index in [-0.39, 0.29) is 13.0 Å². The van der Waals surface area contributed by atoms with Gasteiger partial charge in [-0.1, -0.05) is 18.2 Å². The van der Waals surface area contributed by atoms with Crippen LogP contribution in [-0.4, -0.2) is 51.5 Å². The molecule has 0 bridgehead atoms. The summed E-state index contributed by atoms with van der Waals surface area (Å²) >= 11 is 0. The fourth-order valence-corrected chi connectivity index (χ4v) is 3.70.